The molecule has 2 aromatic carbocycles. The molecule has 4 N–H and O–H groups in total. The molecule has 4 aliphatic heterocycles. The average Bonchev–Trinajstić information content (AvgIpc) is 4.13. The Morgan fingerprint density at radius 2 is 1.10 bits per heavy atom. The van der Waals surface area contributed by atoms with E-state index in [1.807, 2.05) is 73.5 Å². The summed E-state index contributed by atoms with van der Waals surface area (Å²) in [5, 5.41) is 5.59. The number of ether oxygens (including phenoxy) is 4. The van der Waals surface area contributed by atoms with E-state index in [2.05, 4.69) is 20.6 Å². The molecule has 8 rings (SSSR count). The maximum Gasteiger partial charge on any atom is 0.407 e. The second-order valence-electron chi connectivity index (χ2n) is 17.1. The number of methoxy groups -OCH3 is 2. The number of aromatic amines is 2. The topological polar surface area (TPSA) is 193 Å². The Hall–Kier alpha value is -5.81. The highest BCUT2D eigenvalue weighted by Crippen LogP contribution is 2.40. The Bertz CT molecular complexity index is 2240. The molecule has 1 unspecified atom stereocenters. The Labute approximate surface area is 366 Å². The predicted octanol–water partition coefficient (Wildman–Crippen LogP) is 6.68. The van der Waals surface area contributed by atoms with Gasteiger partial charge in [0.1, 0.15) is 29.4 Å². The van der Waals surface area contributed by atoms with Gasteiger partial charge in [-0.25, -0.2) is 19.6 Å². The summed E-state index contributed by atoms with van der Waals surface area (Å²) in [6.07, 6.45) is 5.98. The van der Waals surface area contributed by atoms with Gasteiger partial charge in [0.15, 0.2) is 0 Å². The first kappa shape index (κ1) is 43.8. The summed E-state index contributed by atoms with van der Waals surface area (Å²) in [4.78, 5) is 72.4. The fourth-order valence-electron chi connectivity index (χ4n) is 9.83. The van der Waals surface area contributed by atoms with Crippen LogP contribution in [-0.2, 0) is 28.5 Å². The zero-order valence-corrected chi connectivity index (χ0v) is 36.2. The maximum absolute atomic E-state index is 15.7. The number of hydrogen-bond acceptors (Lipinski definition) is 10. The number of H-pyrrole nitrogens is 2. The number of halogens is 1. The van der Waals surface area contributed by atoms with Crippen molar-refractivity contribution in [1.82, 2.24) is 40.4 Å². The number of amides is 4. The molecule has 4 amide bonds. The molecular formula is C46H57FN8O8. The van der Waals surface area contributed by atoms with Crippen molar-refractivity contribution in [1.29, 1.82) is 0 Å². The van der Waals surface area contributed by atoms with E-state index in [0.29, 0.717) is 82.2 Å². The number of likely N-dealkylation sites (tertiary alicyclic amines) is 2. The normalized spacial score (nSPS) is 23.0. The number of aromatic nitrogens is 4. The van der Waals surface area contributed by atoms with Crippen LogP contribution in [0.3, 0.4) is 0 Å². The quantitative estimate of drug-likeness (QED) is 0.126. The molecule has 4 aliphatic rings. The van der Waals surface area contributed by atoms with Crippen molar-refractivity contribution in [3.8, 4) is 33.6 Å². The summed E-state index contributed by atoms with van der Waals surface area (Å²) in [6, 6.07) is 13.0. The van der Waals surface area contributed by atoms with Crippen LogP contribution in [0.25, 0.3) is 33.6 Å². The van der Waals surface area contributed by atoms with Gasteiger partial charge in [-0.3, -0.25) is 9.59 Å². The number of alkyl carbamates (subject to hydrolysis) is 2. The minimum Gasteiger partial charge on any atom is -0.453 e. The molecule has 0 radical (unpaired) electrons. The summed E-state index contributed by atoms with van der Waals surface area (Å²) in [6.45, 7) is 6.07. The molecule has 0 saturated carbocycles. The van der Waals surface area contributed by atoms with Crippen LogP contribution in [0.2, 0.25) is 0 Å². The van der Waals surface area contributed by atoms with E-state index in [1.54, 1.807) is 4.90 Å². The summed E-state index contributed by atoms with van der Waals surface area (Å²) in [5.74, 6) is -0.0884. The van der Waals surface area contributed by atoms with Crippen LogP contribution in [0, 0.1) is 17.8 Å². The highest BCUT2D eigenvalue weighted by Gasteiger charge is 2.45. The van der Waals surface area contributed by atoms with Crippen LogP contribution in [0.1, 0.15) is 88.9 Å². The Morgan fingerprint density at radius 1 is 0.651 bits per heavy atom. The Kier molecular flexibility index (Phi) is 13.4. The monoisotopic (exact) mass is 868 g/mol. The molecule has 16 nitrogen and oxygen atoms in total. The number of nitrogens with one attached hydrogen (secondary N) is 4. The van der Waals surface area contributed by atoms with E-state index in [9.17, 15) is 19.2 Å². The summed E-state index contributed by atoms with van der Waals surface area (Å²) in [5.41, 5.74) is 4.28. The predicted molar refractivity (Wildman–Crippen MR) is 229 cm³/mol. The Morgan fingerprint density at radius 3 is 1.57 bits per heavy atom. The molecule has 336 valence electrons. The van der Waals surface area contributed by atoms with E-state index in [-0.39, 0.29) is 47.5 Å². The molecule has 0 spiro atoms. The van der Waals surface area contributed by atoms with Crippen LogP contribution in [0.15, 0.2) is 54.7 Å². The van der Waals surface area contributed by atoms with Gasteiger partial charge in [0.25, 0.3) is 0 Å². The van der Waals surface area contributed by atoms with Gasteiger partial charge >= 0.3 is 12.2 Å². The minimum absolute atomic E-state index is 0.0363. The Balaban J connectivity index is 0.946. The molecule has 63 heavy (non-hydrogen) atoms. The third kappa shape index (κ3) is 9.30. The van der Waals surface area contributed by atoms with Gasteiger partial charge in [-0.1, -0.05) is 48.5 Å². The fourth-order valence-corrected chi connectivity index (χ4v) is 9.83. The molecular weight excluding hydrogens is 812 g/mol. The average molecular weight is 869 g/mol. The van der Waals surface area contributed by atoms with Gasteiger partial charge in [-0.15, -0.1) is 0 Å². The number of imidazole rings is 2. The molecule has 2 aromatic heterocycles. The van der Waals surface area contributed by atoms with Crippen LogP contribution in [0.4, 0.5) is 14.0 Å². The van der Waals surface area contributed by atoms with Crippen molar-refractivity contribution in [2.75, 3.05) is 40.6 Å². The number of carbonyl (C=O) groups is 4. The molecule has 0 bridgehead atoms. The lowest BCUT2D eigenvalue weighted by molar-refractivity contribution is -0.139. The molecule has 4 aromatic rings. The van der Waals surface area contributed by atoms with E-state index >= 15 is 4.39 Å². The SMILES string of the molecule is COC(=O)NC(C(=O)N1[C@@H](C)CC[C@H]1c1nc(-c2ccc(-c3ccc(-c4c[nH]c([C@@H]5CC[C@H](C)N5C(=O)[C@@H](NC(=O)OC)C5CCOCC5)n4)cc3)cc2)c(F)[nH]1)C1CCOCC1. The number of nitrogens with zero attached hydrogens (tertiary/aromatic N) is 4. The second kappa shape index (κ2) is 19.3. The molecule has 6 heterocycles. The van der Waals surface area contributed by atoms with Crippen LogP contribution in [0.5, 0.6) is 0 Å². The number of benzene rings is 2. The summed E-state index contributed by atoms with van der Waals surface area (Å²) < 4.78 is 36.5. The zero-order valence-electron chi connectivity index (χ0n) is 36.2. The van der Waals surface area contributed by atoms with Gasteiger partial charge in [-0.05, 0) is 88.2 Å². The highest BCUT2D eigenvalue weighted by atomic mass is 19.1. The molecule has 4 saturated heterocycles. The third-order valence-electron chi connectivity index (χ3n) is 13.3. The molecule has 6 atom stereocenters. The van der Waals surface area contributed by atoms with Crippen molar-refractivity contribution in [2.24, 2.45) is 11.8 Å². The van der Waals surface area contributed by atoms with Crippen molar-refractivity contribution in [2.45, 2.75) is 101 Å². The standard InChI is InChI=1S/C46H57FN8O8/c1-26-5-15-35(54(26)43(56)38(51-45(58)60-3)32-17-21-62-22-18-32)41-48-25-34(49-41)30-11-7-28(8-12-30)29-9-13-31(14-10-29)37-40(47)53-42(50-37)36-16-6-27(2)55(36)44(57)39(52-46(59)61-4)33-19-23-63-24-20-33/h7-14,25-27,32-33,35-36,38-39H,5-6,15-24H2,1-4H3,(H,48,49)(H,50,53)(H,51,58)(H,52,59)/t26-,27-,35-,36-,38-,39?/m0/s1. The van der Waals surface area contributed by atoms with E-state index < -0.39 is 36.3 Å². The number of hydrogen-bond donors (Lipinski definition) is 4. The maximum atomic E-state index is 15.7. The fraction of sp³-hybridized carbons (Fsp3) is 0.522. The van der Waals surface area contributed by atoms with E-state index in [0.717, 1.165) is 35.2 Å². The first-order valence-electron chi connectivity index (χ1n) is 22.0. The third-order valence-corrected chi connectivity index (χ3v) is 13.3. The van der Waals surface area contributed by atoms with Gasteiger partial charge in [0, 0.05) is 55.8 Å². The molecule has 4 fully saturated rings. The van der Waals surface area contributed by atoms with Crippen molar-refractivity contribution in [3.05, 3.63) is 72.3 Å². The van der Waals surface area contributed by atoms with Gasteiger partial charge in [-0.2, -0.15) is 4.39 Å². The lowest BCUT2D eigenvalue weighted by atomic mass is 9.90. The summed E-state index contributed by atoms with van der Waals surface area (Å²) in [7, 11) is 2.57. The number of carbonyl (C=O) groups excluding carboxylic acids is 4. The van der Waals surface area contributed by atoms with Crippen molar-refractivity contribution in [3.63, 3.8) is 0 Å². The second-order valence-corrected chi connectivity index (χ2v) is 17.1. The van der Waals surface area contributed by atoms with Crippen molar-refractivity contribution < 1.29 is 42.5 Å². The number of rotatable bonds is 11. The molecule has 0 aliphatic carbocycles. The van der Waals surface area contributed by atoms with Crippen molar-refractivity contribution >= 4 is 24.0 Å². The van der Waals surface area contributed by atoms with Gasteiger partial charge in [0.2, 0.25) is 17.8 Å². The van der Waals surface area contributed by atoms with Gasteiger partial charge in [0.05, 0.1) is 32.0 Å². The highest BCUT2D eigenvalue weighted by molar-refractivity contribution is 5.87. The van der Waals surface area contributed by atoms with E-state index in [4.69, 9.17) is 28.9 Å². The summed E-state index contributed by atoms with van der Waals surface area (Å²) >= 11 is 0. The lowest BCUT2D eigenvalue weighted by Crippen LogP contribution is -2.54. The van der Waals surface area contributed by atoms with Gasteiger partial charge < -0.3 is 49.3 Å². The first-order chi connectivity index (χ1) is 30.5. The van der Waals surface area contributed by atoms with E-state index in [1.165, 1.54) is 14.2 Å². The lowest BCUT2D eigenvalue weighted by Gasteiger charge is -2.36. The zero-order chi connectivity index (χ0) is 44.2. The van der Waals surface area contributed by atoms with Crippen LogP contribution >= 0.6 is 0 Å². The largest absolute Gasteiger partial charge is 0.453 e. The van der Waals surface area contributed by atoms with Crippen LogP contribution < -0.4 is 10.6 Å². The van der Waals surface area contributed by atoms with Crippen LogP contribution in [-0.4, -0.2) is 119 Å². The minimum atomic E-state index is -0.800. The smallest absolute Gasteiger partial charge is 0.407 e. The molecule has 17 heteroatoms. The first-order valence-corrected chi connectivity index (χ1v) is 22.0.